The van der Waals surface area contributed by atoms with E-state index in [0.717, 1.165) is 20.1 Å². The van der Waals surface area contributed by atoms with Crippen LogP contribution in [-0.2, 0) is 4.79 Å². The molecule has 0 saturated carbocycles. The Bertz CT molecular complexity index is 878. The molecule has 0 bridgehead atoms. The van der Waals surface area contributed by atoms with Crippen LogP contribution in [0, 0.1) is 6.92 Å². The molecule has 3 rings (SSSR count). The maximum atomic E-state index is 12.5. The van der Waals surface area contributed by atoms with Gasteiger partial charge in [0.1, 0.15) is 10.6 Å². The number of aromatic amines is 1. The summed E-state index contributed by atoms with van der Waals surface area (Å²) < 4.78 is 0. The van der Waals surface area contributed by atoms with Crippen LogP contribution in [-0.4, -0.2) is 21.5 Å². The van der Waals surface area contributed by atoms with Gasteiger partial charge in [0.05, 0.1) is 5.39 Å². The van der Waals surface area contributed by atoms with Gasteiger partial charge in [-0.25, -0.2) is 4.98 Å². The average Bonchev–Trinajstić information content (AvgIpc) is 3.04. The summed E-state index contributed by atoms with van der Waals surface area (Å²) >= 11 is 4.58. The number of carbonyl (C=O) groups is 1. The van der Waals surface area contributed by atoms with E-state index in [9.17, 15) is 9.59 Å². The van der Waals surface area contributed by atoms with Crippen molar-refractivity contribution in [2.45, 2.75) is 25.4 Å². The molecule has 3 aromatic heterocycles. The summed E-state index contributed by atoms with van der Waals surface area (Å²) in [5, 5.41) is 3.25. The number of hydrogen-bond donors (Lipinski definition) is 1. The second-order valence-corrected chi connectivity index (χ2v) is 8.10. The maximum Gasteiger partial charge on any atom is 0.260 e. The Labute approximate surface area is 139 Å². The molecule has 0 aliphatic rings. The SMILES string of the molecule is CC(=O)CCSc1nc2sc(C)c(-c3cccs3)c2c(=O)[nH]1. The van der Waals surface area contributed by atoms with Gasteiger partial charge in [-0.05, 0) is 25.3 Å². The molecule has 0 atom stereocenters. The number of hydrogen-bond acceptors (Lipinski definition) is 6. The van der Waals surface area contributed by atoms with Gasteiger partial charge in [-0.2, -0.15) is 0 Å². The van der Waals surface area contributed by atoms with E-state index < -0.39 is 0 Å². The minimum atomic E-state index is -0.108. The Kier molecular flexibility index (Phi) is 4.46. The fourth-order valence-corrected chi connectivity index (χ4v) is 5.07. The number of thioether (sulfide) groups is 1. The first-order chi connectivity index (χ1) is 10.6. The molecule has 0 aliphatic carbocycles. The number of aryl methyl sites for hydroxylation is 1. The van der Waals surface area contributed by atoms with Gasteiger partial charge in [-0.15, -0.1) is 22.7 Å². The Hall–Kier alpha value is -1.44. The number of H-pyrrole nitrogens is 1. The lowest BCUT2D eigenvalue weighted by Gasteiger charge is -2.00. The minimum absolute atomic E-state index is 0.108. The molecule has 4 nitrogen and oxygen atoms in total. The number of carbonyl (C=O) groups excluding carboxylic acids is 1. The van der Waals surface area contributed by atoms with Crippen molar-refractivity contribution in [1.82, 2.24) is 9.97 Å². The number of rotatable bonds is 5. The highest BCUT2D eigenvalue weighted by molar-refractivity contribution is 7.99. The smallest absolute Gasteiger partial charge is 0.260 e. The molecule has 3 aromatic rings. The van der Waals surface area contributed by atoms with Gasteiger partial charge in [0.15, 0.2) is 5.16 Å². The number of nitrogens with zero attached hydrogens (tertiary/aromatic N) is 1. The Morgan fingerprint density at radius 3 is 2.95 bits per heavy atom. The van der Waals surface area contributed by atoms with Crippen molar-refractivity contribution in [3.05, 3.63) is 32.7 Å². The molecular formula is C15H14N2O2S3. The number of ketones is 1. The van der Waals surface area contributed by atoms with E-state index in [-0.39, 0.29) is 11.3 Å². The van der Waals surface area contributed by atoms with Crippen LogP contribution >= 0.6 is 34.4 Å². The van der Waals surface area contributed by atoms with Gasteiger partial charge in [-0.1, -0.05) is 17.8 Å². The fraction of sp³-hybridized carbons (Fsp3) is 0.267. The Morgan fingerprint density at radius 1 is 1.45 bits per heavy atom. The molecule has 22 heavy (non-hydrogen) atoms. The monoisotopic (exact) mass is 350 g/mol. The maximum absolute atomic E-state index is 12.5. The molecule has 0 unspecified atom stereocenters. The van der Waals surface area contributed by atoms with E-state index in [1.165, 1.54) is 11.8 Å². The molecule has 0 aromatic carbocycles. The number of thiophene rings is 2. The largest absolute Gasteiger partial charge is 0.301 e. The first kappa shape index (κ1) is 15.5. The summed E-state index contributed by atoms with van der Waals surface area (Å²) in [5.74, 6) is 0.772. The summed E-state index contributed by atoms with van der Waals surface area (Å²) in [6.45, 7) is 3.58. The lowest BCUT2D eigenvalue weighted by molar-refractivity contribution is -0.116. The van der Waals surface area contributed by atoms with E-state index >= 15 is 0 Å². The van der Waals surface area contributed by atoms with Crippen molar-refractivity contribution < 1.29 is 4.79 Å². The summed E-state index contributed by atoms with van der Waals surface area (Å²) in [6.07, 6.45) is 0.482. The third-order valence-corrected chi connectivity index (χ3v) is 5.94. The summed E-state index contributed by atoms with van der Waals surface area (Å²) in [5.41, 5.74) is 0.882. The number of nitrogens with one attached hydrogen (secondary N) is 1. The molecule has 0 saturated heterocycles. The second-order valence-electron chi connectivity index (χ2n) is 4.86. The third-order valence-electron chi connectivity index (χ3n) is 3.18. The van der Waals surface area contributed by atoms with Crippen LogP contribution in [0.2, 0.25) is 0 Å². The highest BCUT2D eigenvalue weighted by Crippen LogP contribution is 2.38. The van der Waals surface area contributed by atoms with Crippen LogP contribution in [0.5, 0.6) is 0 Å². The van der Waals surface area contributed by atoms with Gasteiger partial charge in [0.25, 0.3) is 5.56 Å². The van der Waals surface area contributed by atoms with E-state index in [1.807, 2.05) is 24.4 Å². The standard InChI is InChI=1S/C15H14N2O2S3/c1-8(18)5-7-21-15-16-13(19)12-11(10-4-3-6-20-10)9(2)22-14(12)17-15/h3-4,6H,5,7H2,1-2H3,(H,16,17,19). The third kappa shape index (κ3) is 3.02. The van der Waals surface area contributed by atoms with Crippen molar-refractivity contribution in [3.63, 3.8) is 0 Å². The Morgan fingerprint density at radius 2 is 2.27 bits per heavy atom. The summed E-state index contributed by atoms with van der Waals surface area (Å²) in [6, 6.07) is 4.00. The van der Waals surface area contributed by atoms with Gasteiger partial charge >= 0.3 is 0 Å². The van der Waals surface area contributed by atoms with E-state index in [4.69, 9.17) is 0 Å². The van der Waals surface area contributed by atoms with Crippen LogP contribution < -0.4 is 5.56 Å². The lowest BCUT2D eigenvalue weighted by atomic mass is 10.1. The van der Waals surface area contributed by atoms with Crippen molar-refractivity contribution in [2.75, 3.05) is 5.75 Å². The predicted octanol–water partition coefficient (Wildman–Crippen LogP) is 4.09. The van der Waals surface area contributed by atoms with Gasteiger partial charge < -0.3 is 4.98 Å². The fourth-order valence-electron chi connectivity index (χ4n) is 2.18. The number of fused-ring (bicyclic) bond motifs is 1. The van der Waals surface area contributed by atoms with Crippen molar-refractivity contribution >= 4 is 50.4 Å². The van der Waals surface area contributed by atoms with Gasteiger partial charge in [-0.3, -0.25) is 9.59 Å². The van der Waals surface area contributed by atoms with Crippen LogP contribution in [0.25, 0.3) is 20.7 Å². The molecule has 114 valence electrons. The lowest BCUT2D eigenvalue weighted by Crippen LogP contribution is -2.09. The zero-order chi connectivity index (χ0) is 15.7. The van der Waals surface area contributed by atoms with E-state index in [2.05, 4.69) is 9.97 Å². The molecule has 0 amide bonds. The molecule has 0 radical (unpaired) electrons. The van der Waals surface area contributed by atoms with Crippen LogP contribution in [0.3, 0.4) is 0 Å². The molecule has 0 spiro atoms. The topological polar surface area (TPSA) is 62.8 Å². The first-order valence-electron chi connectivity index (χ1n) is 6.76. The zero-order valence-corrected chi connectivity index (χ0v) is 14.6. The van der Waals surface area contributed by atoms with Gasteiger partial charge in [0.2, 0.25) is 0 Å². The normalized spacial score (nSPS) is 11.2. The van der Waals surface area contributed by atoms with Crippen LogP contribution in [0.15, 0.2) is 27.5 Å². The van der Waals surface area contributed by atoms with Crippen molar-refractivity contribution in [2.24, 2.45) is 0 Å². The number of aromatic nitrogens is 2. The number of Topliss-reactive ketones (excluding diaryl/α,β-unsaturated/α-hetero) is 1. The second kappa shape index (κ2) is 6.36. The minimum Gasteiger partial charge on any atom is -0.301 e. The molecule has 1 N–H and O–H groups in total. The molecule has 3 heterocycles. The molecule has 0 fully saturated rings. The van der Waals surface area contributed by atoms with Crippen LogP contribution in [0.1, 0.15) is 18.2 Å². The van der Waals surface area contributed by atoms with Gasteiger partial charge in [0, 0.05) is 27.5 Å². The van der Waals surface area contributed by atoms with Crippen molar-refractivity contribution in [1.29, 1.82) is 0 Å². The Balaban J connectivity index is 2.02. The predicted molar refractivity (Wildman–Crippen MR) is 94.3 cm³/mol. The average molecular weight is 350 g/mol. The first-order valence-corrected chi connectivity index (χ1v) is 9.44. The van der Waals surface area contributed by atoms with Crippen LogP contribution in [0.4, 0.5) is 0 Å². The highest BCUT2D eigenvalue weighted by atomic mass is 32.2. The van der Waals surface area contributed by atoms with Crippen molar-refractivity contribution in [3.8, 4) is 10.4 Å². The highest BCUT2D eigenvalue weighted by Gasteiger charge is 2.17. The molecule has 7 heteroatoms. The quantitative estimate of drug-likeness (QED) is 0.556. The summed E-state index contributed by atoms with van der Waals surface area (Å²) in [7, 11) is 0. The van der Waals surface area contributed by atoms with E-state index in [0.29, 0.717) is 22.7 Å². The molecular weight excluding hydrogens is 336 g/mol. The zero-order valence-electron chi connectivity index (χ0n) is 12.1. The summed E-state index contributed by atoms with van der Waals surface area (Å²) in [4.78, 5) is 33.8. The molecule has 0 aliphatic heterocycles. The van der Waals surface area contributed by atoms with E-state index in [1.54, 1.807) is 29.6 Å².